The molecule has 0 spiro atoms. The monoisotopic (exact) mass is 398 g/mol. The van der Waals surface area contributed by atoms with Crippen molar-refractivity contribution in [1.29, 1.82) is 0 Å². The number of hydrogen-bond acceptors (Lipinski definition) is 4. The molecule has 1 aliphatic heterocycles. The van der Waals surface area contributed by atoms with Crippen LogP contribution < -0.4 is 4.74 Å². The summed E-state index contributed by atoms with van der Waals surface area (Å²) in [6, 6.07) is 11.9. The molecule has 8 heteroatoms. The minimum absolute atomic E-state index is 0.0359. The average Bonchev–Trinajstić information content (AvgIpc) is 3.31. The van der Waals surface area contributed by atoms with E-state index < -0.39 is 30.8 Å². The van der Waals surface area contributed by atoms with Crippen LogP contribution >= 0.6 is 0 Å². The van der Waals surface area contributed by atoms with E-state index in [1.54, 1.807) is 24.4 Å². The lowest BCUT2D eigenvalue weighted by molar-refractivity contribution is 0.0115. The van der Waals surface area contributed by atoms with E-state index in [1.807, 2.05) is 31.2 Å². The van der Waals surface area contributed by atoms with Gasteiger partial charge >= 0.3 is 0 Å². The Labute approximate surface area is 166 Å². The summed E-state index contributed by atoms with van der Waals surface area (Å²) in [6.07, 6.45) is 2.65. The first kappa shape index (κ1) is 19.0. The summed E-state index contributed by atoms with van der Waals surface area (Å²) >= 11 is 0. The van der Waals surface area contributed by atoms with Crippen molar-refractivity contribution in [2.75, 3.05) is 13.2 Å². The lowest BCUT2D eigenvalue weighted by Crippen LogP contribution is -2.39. The normalized spacial score (nSPS) is 18.0. The van der Waals surface area contributed by atoms with Gasteiger partial charge in [-0.2, -0.15) is 5.10 Å². The van der Waals surface area contributed by atoms with Crippen LogP contribution in [0.25, 0.3) is 11.3 Å². The van der Waals surface area contributed by atoms with Gasteiger partial charge in [-0.05, 0) is 30.7 Å². The van der Waals surface area contributed by atoms with E-state index >= 15 is 0 Å². The zero-order chi connectivity index (χ0) is 20.4. The standard InChI is InChI=1S/C21H20F2N4O2/c1-14-5-2-3-7-17(14)18-9-19(26-25-18)20(28)27-13-21(22,23)10-15(27)12-29-16-6-4-8-24-11-16/h2-9,11,15H,10,12-13H2,1H3,(H,25,26)/t15-/m0/s1. The highest BCUT2D eigenvalue weighted by atomic mass is 19.3. The summed E-state index contributed by atoms with van der Waals surface area (Å²) in [5.74, 6) is -3.01. The number of aromatic amines is 1. The van der Waals surface area contributed by atoms with Crippen molar-refractivity contribution in [2.24, 2.45) is 0 Å². The minimum Gasteiger partial charge on any atom is -0.490 e. The number of alkyl halides is 2. The van der Waals surface area contributed by atoms with E-state index in [0.29, 0.717) is 11.4 Å². The van der Waals surface area contributed by atoms with E-state index in [9.17, 15) is 13.6 Å². The van der Waals surface area contributed by atoms with Crippen LogP contribution in [0.3, 0.4) is 0 Å². The predicted octanol–water partition coefficient (Wildman–Crippen LogP) is 3.71. The molecule has 1 aliphatic rings. The van der Waals surface area contributed by atoms with Gasteiger partial charge < -0.3 is 9.64 Å². The molecule has 1 saturated heterocycles. The molecule has 0 saturated carbocycles. The summed E-state index contributed by atoms with van der Waals surface area (Å²) in [5, 5.41) is 6.89. The Morgan fingerprint density at radius 1 is 1.31 bits per heavy atom. The third-order valence-corrected chi connectivity index (χ3v) is 4.94. The van der Waals surface area contributed by atoms with Crippen LogP contribution in [-0.2, 0) is 0 Å². The second-order valence-corrected chi connectivity index (χ2v) is 7.13. The maximum absolute atomic E-state index is 14.1. The number of likely N-dealkylation sites (tertiary alicyclic amines) is 1. The van der Waals surface area contributed by atoms with Crippen LogP contribution in [0.4, 0.5) is 8.78 Å². The molecule has 3 aromatic rings. The largest absolute Gasteiger partial charge is 0.490 e. The lowest BCUT2D eigenvalue weighted by atomic mass is 10.1. The van der Waals surface area contributed by atoms with Gasteiger partial charge in [0.05, 0.1) is 24.5 Å². The second-order valence-electron chi connectivity index (χ2n) is 7.13. The molecule has 3 heterocycles. The maximum atomic E-state index is 14.1. The highest BCUT2D eigenvalue weighted by Gasteiger charge is 2.47. The van der Waals surface area contributed by atoms with Crippen molar-refractivity contribution in [2.45, 2.75) is 25.3 Å². The van der Waals surface area contributed by atoms with Gasteiger partial charge in [-0.25, -0.2) is 8.78 Å². The Hall–Kier alpha value is -3.29. The molecule has 4 rings (SSSR count). The average molecular weight is 398 g/mol. The molecule has 29 heavy (non-hydrogen) atoms. The first-order valence-electron chi connectivity index (χ1n) is 9.26. The first-order chi connectivity index (χ1) is 13.9. The molecule has 1 aromatic carbocycles. The van der Waals surface area contributed by atoms with Gasteiger partial charge in [-0.3, -0.25) is 14.9 Å². The van der Waals surface area contributed by atoms with Crippen LogP contribution in [0.1, 0.15) is 22.5 Å². The molecule has 0 radical (unpaired) electrons. The smallest absolute Gasteiger partial charge is 0.272 e. The number of benzene rings is 1. The van der Waals surface area contributed by atoms with Crippen LogP contribution in [0, 0.1) is 6.92 Å². The third kappa shape index (κ3) is 4.11. The second kappa shape index (κ2) is 7.62. The number of halogens is 2. The molecule has 0 bridgehead atoms. The summed E-state index contributed by atoms with van der Waals surface area (Å²) in [7, 11) is 0. The quantitative estimate of drug-likeness (QED) is 0.711. The molecule has 1 amide bonds. The van der Waals surface area contributed by atoms with Gasteiger partial charge in [0, 0.05) is 18.2 Å². The molecule has 150 valence electrons. The fourth-order valence-electron chi connectivity index (χ4n) is 3.49. The van der Waals surface area contributed by atoms with E-state index in [2.05, 4.69) is 15.2 Å². The van der Waals surface area contributed by atoms with Crippen LogP contribution in [0.5, 0.6) is 5.75 Å². The summed E-state index contributed by atoms with van der Waals surface area (Å²) in [5.41, 5.74) is 2.66. The summed E-state index contributed by atoms with van der Waals surface area (Å²) in [6.45, 7) is 1.26. The topological polar surface area (TPSA) is 71.1 Å². The Bertz CT molecular complexity index is 1010. The van der Waals surface area contributed by atoms with Crippen LogP contribution in [0.15, 0.2) is 54.9 Å². The van der Waals surface area contributed by atoms with Crippen molar-refractivity contribution in [3.8, 4) is 17.0 Å². The SMILES string of the molecule is Cc1ccccc1-c1cc(C(=O)N2CC(F)(F)C[C@H]2COc2cccnc2)[nH]n1. The highest BCUT2D eigenvalue weighted by Crippen LogP contribution is 2.33. The summed E-state index contributed by atoms with van der Waals surface area (Å²) in [4.78, 5) is 18.0. The zero-order valence-corrected chi connectivity index (χ0v) is 15.8. The Morgan fingerprint density at radius 3 is 2.90 bits per heavy atom. The van der Waals surface area contributed by atoms with Crippen molar-refractivity contribution >= 4 is 5.91 Å². The van der Waals surface area contributed by atoms with Gasteiger partial charge in [-0.1, -0.05) is 24.3 Å². The molecule has 0 unspecified atom stereocenters. The zero-order valence-electron chi connectivity index (χ0n) is 15.8. The number of aromatic nitrogens is 3. The Balaban J connectivity index is 1.52. The predicted molar refractivity (Wildman–Crippen MR) is 103 cm³/mol. The van der Waals surface area contributed by atoms with E-state index in [0.717, 1.165) is 16.0 Å². The van der Waals surface area contributed by atoms with E-state index in [4.69, 9.17) is 4.74 Å². The molecule has 0 aliphatic carbocycles. The molecule has 1 atom stereocenters. The fourth-order valence-corrected chi connectivity index (χ4v) is 3.49. The number of rotatable bonds is 5. The van der Waals surface area contributed by atoms with Gasteiger partial charge in [-0.15, -0.1) is 0 Å². The fraction of sp³-hybridized carbons (Fsp3) is 0.286. The van der Waals surface area contributed by atoms with Gasteiger partial charge in [0.25, 0.3) is 11.8 Å². The number of nitrogens with zero attached hydrogens (tertiary/aromatic N) is 3. The van der Waals surface area contributed by atoms with Gasteiger partial charge in [0.2, 0.25) is 0 Å². The molecular weight excluding hydrogens is 378 g/mol. The highest BCUT2D eigenvalue weighted by molar-refractivity contribution is 5.94. The maximum Gasteiger partial charge on any atom is 0.272 e. The molecule has 1 N–H and O–H groups in total. The molecular formula is C21H20F2N4O2. The van der Waals surface area contributed by atoms with Crippen molar-refractivity contribution in [1.82, 2.24) is 20.1 Å². The Kier molecular flexibility index (Phi) is 5.00. The third-order valence-electron chi connectivity index (χ3n) is 4.94. The number of ether oxygens (including phenoxy) is 1. The van der Waals surface area contributed by atoms with Crippen molar-refractivity contribution in [3.05, 3.63) is 66.1 Å². The van der Waals surface area contributed by atoms with E-state index in [1.165, 1.54) is 6.20 Å². The number of carbonyl (C=O) groups is 1. The summed E-state index contributed by atoms with van der Waals surface area (Å²) < 4.78 is 33.7. The minimum atomic E-state index is -2.96. The number of carbonyl (C=O) groups excluding carboxylic acids is 1. The number of hydrogen-bond donors (Lipinski definition) is 1. The van der Waals surface area contributed by atoms with Crippen LogP contribution in [-0.4, -0.2) is 51.1 Å². The van der Waals surface area contributed by atoms with Gasteiger partial charge in [0.1, 0.15) is 18.1 Å². The molecule has 2 aromatic heterocycles. The van der Waals surface area contributed by atoms with Crippen LogP contribution in [0.2, 0.25) is 0 Å². The van der Waals surface area contributed by atoms with E-state index in [-0.39, 0.29) is 12.3 Å². The van der Waals surface area contributed by atoms with Crippen molar-refractivity contribution < 1.29 is 18.3 Å². The molecule has 1 fully saturated rings. The number of aryl methyl sites for hydroxylation is 1. The number of pyridine rings is 1. The van der Waals surface area contributed by atoms with Crippen molar-refractivity contribution in [3.63, 3.8) is 0 Å². The lowest BCUT2D eigenvalue weighted by Gasteiger charge is -2.23. The number of amides is 1. The van der Waals surface area contributed by atoms with Gasteiger partial charge in [0.15, 0.2) is 0 Å². The number of H-pyrrole nitrogens is 1. The number of nitrogens with one attached hydrogen (secondary N) is 1. The molecule has 6 nitrogen and oxygen atoms in total. The first-order valence-corrected chi connectivity index (χ1v) is 9.26. The Morgan fingerprint density at radius 2 is 2.14 bits per heavy atom.